The van der Waals surface area contributed by atoms with Crippen LogP contribution in [0.4, 0.5) is 0 Å². The smallest absolute Gasteiger partial charge is 0.341 e. The molecule has 0 aliphatic rings. The third kappa shape index (κ3) is 3.79. The Morgan fingerprint density at radius 1 is 1.21 bits per heavy atom. The van der Waals surface area contributed by atoms with Crippen LogP contribution in [-0.4, -0.2) is 22.6 Å². The molecule has 0 bridgehead atoms. The second-order valence-electron chi connectivity index (χ2n) is 6.07. The number of ether oxygens (including phenoxy) is 1. The number of carbonyl (C=O) groups is 1. The Balaban J connectivity index is 1.81. The van der Waals surface area contributed by atoms with Gasteiger partial charge in [-0.2, -0.15) is 0 Å². The van der Waals surface area contributed by atoms with Crippen molar-refractivity contribution in [3.63, 3.8) is 0 Å². The number of carbonyl (C=O) groups excluding carboxylic acids is 1. The number of aromatic nitrogens is 2. The molecule has 6 nitrogen and oxygen atoms in total. The van der Waals surface area contributed by atoms with Gasteiger partial charge in [-0.1, -0.05) is 41.6 Å². The van der Waals surface area contributed by atoms with Crippen LogP contribution in [0.15, 0.2) is 75.2 Å². The molecular formula is C21H15ClN2O4S. The average molecular weight is 427 g/mol. The summed E-state index contributed by atoms with van der Waals surface area (Å²) < 4.78 is 11.7. The van der Waals surface area contributed by atoms with E-state index in [1.165, 1.54) is 29.7 Å². The molecule has 0 spiro atoms. The van der Waals surface area contributed by atoms with E-state index < -0.39 is 5.97 Å². The molecule has 0 aliphatic heterocycles. The van der Waals surface area contributed by atoms with Crippen molar-refractivity contribution >= 4 is 40.2 Å². The van der Waals surface area contributed by atoms with Crippen LogP contribution in [-0.2, 0) is 10.5 Å². The van der Waals surface area contributed by atoms with E-state index >= 15 is 0 Å². The lowest BCUT2D eigenvalue weighted by atomic mass is 10.2. The summed E-state index contributed by atoms with van der Waals surface area (Å²) in [4.78, 5) is 29.8. The van der Waals surface area contributed by atoms with Crippen molar-refractivity contribution in [1.82, 2.24) is 9.55 Å². The number of thioether (sulfide) groups is 1. The number of hydrogen-bond acceptors (Lipinski definition) is 6. The number of rotatable bonds is 5. The van der Waals surface area contributed by atoms with Crippen molar-refractivity contribution < 1.29 is 13.9 Å². The van der Waals surface area contributed by atoms with E-state index in [0.29, 0.717) is 43.8 Å². The van der Waals surface area contributed by atoms with Gasteiger partial charge in [-0.05, 0) is 36.4 Å². The second-order valence-corrected chi connectivity index (χ2v) is 7.45. The van der Waals surface area contributed by atoms with Crippen LogP contribution in [0.1, 0.15) is 16.1 Å². The minimum absolute atomic E-state index is 0.201. The molecule has 2 heterocycles. The summed E-state index contributed by atoms with van der Waals surface area (Å²) in [6.45, 7) is 0. The molecule has 0 radical (unpaired) electrons. The number of para-hydroxylation sites is 1. The quantitative estimate of drug-likeness (QED) is 0.261. The maximum atomic E-state index is 13.2. The highest BCUT2D eigenvalue weighted by Crippen LogP contribution is 2.27. The summed E-state index contributed by atoms with van der Waals surface area (Å²) in [5.41, 5.74) is 1.34. The fraction of sp³-hybridized carbons (Fsp3) is 0.0952. The van der Waals surface area contributed by atoms with Gasteiger partial charge in [0, 0.05) is 5.02 Å². The molecule has 0 aliphatic carbocycles. The molecule has 0 saturated heterocycles. The Bertz CT molecular complexity index is 1270. The Hall–Kier alpha value is -3.03. The molecule has 8 heteroatoms. The highest BCUT2D eigenvalue weighted by molar-refractivity contribution is 7.98. The predicted molar refractivity (Wildman–Crippen MR) is 112 cm³/mol. The lowest BCUT2D eigenvalue weighted by Crippen LogP contribution is -2.21. The number of methoxy groups -OCH3 is 1. The normalized spacial score (nSPS) is 11.0. The first kappa shape index (κ1) is 19.3. The van der Waals surface area contributed by atoms with Gasteiger partial charge in [0.25, 0.3) is 5.56 Å². The van der Waals surface area contributed by atoms with Crippen LogP contribution in [0.25, 0.3) is 16.6 Å². The first-order valence-corrected chi connectivity index (χ1v) is 10.00. The standard InChI is InChI=1S/C21H15ClN2O4S/c1-27-20(26)16-9-10-28-18(16)12-29-21-23-17-8-3-2-7-15(17)19(25)24(21)14-6-4-5-13(22)11-14/h2-11H,12H2,1H3. The van der Waals surface area contributed by atoms with Crippen molar-refractivity contribution in [2.24, 2.45) is 0 Å². The first-order valence-electron chi connectivity index (χ1n) is 8.63. The van der Waals surface area contributed by atoms with Gasteiger partial charge in [0.15, 0.2) is 5.16 Å². The van der Waals surface area contributed by atoms with Crippen LogP contribution in [0.3, 0.4) is 0 Å². The number of hydrogen-bond donors (Lipinski definition) is 0. The maximum absolute atomic E-state index is 13.2. The lowest BCUT2D eigenvalue weighted by Gasteiger charge is -2.13. The number of benzene rings is 2. The topological polar surface area (TPSA) is 74.3 Å². The van der Waals surface area contributed by atoms with Crippen molar-refractivity contribution in [2.75, 3.05) is 7.11 Å². The molecule has 4 rings (SSSR count). The van der Waals surface area contributed by atoms with E-state index in [0.717, 1.165) is 0 Å². The van der Waals surface area contributed by atoms with Crippen LogP contribution in [0.2, 0.25) is 5.02 Å². The maximum Gasteiger partial charge on any atom is 0.341 e. The first-order chi connectivity index (χ1) is 14.1. The number of fused-ring (bicyclic) bond motifs is 1. The van der Waals surface area contributed by atoms with Crippen molar-refractivity contribution in [3.8, 4) is 5.69 Å². The zero-order chi connectivity index (χ0) is 20.4. The van der Waals surface area contributed by atoms with Crippen LogP contribution >= 0.6 is 23.4 Å². The van der Waals surface area contributed by atoms with Crippen molar-refractivity contribution in [3.05, 3.63) is 87.6 Å². The summed E-state index contributed by atoms with van der Waals surface area (Å²) in [7, 11) is 1.31. The second kappa shape index (κ2) is 8.14. The fourth-order valence-corrected chi connectivity index (χ4v) is 4.07. The highest BCUT2D eigenvalue weighted by atomic mass is 35.5. The zero-order valence-corrected chi connectivity index (χ0v) is 16.9. The zero-order valence-electron chi connectivity index (χ0n) is 15.3. The average Bonchev–Trinajstić information content (AvgIpc) is 3.20. The van der Waals surface area contributed by atoms with Crippen LogP contribution in [0.5, 0.6) is 0 Å². The molecule has 146 valence electrons. The lowest BCUT2D eigenvalue weighted by molar-refractivity contribution is 0.0598. The third-order valence-electron chi connectivity index (χ3n) is 4.29. The van der Waals surface area contributed by atoms with E-state index in [1.54, 1.807) is 48.5 Å². The molecular weight excluding hydrogens is 412 g/mol. The summed E-state index contributed by atoms with van der Waals surface area (Å²) in [6.07, 6.45) is 1.43. The van der Waals surface area contributed by atoms with Gasteiger partial charge in [0.05, 0.1) is 35.7 Å². The Morgan fingerprint density at radius 3 is 2.83 bits per heavy atom. The van der Waals surface area contributed by atoms with Crippen molar-refractivity contribution in [1.29, 1.82) is 0 Å². The molecule has 29 heavy (non-hydrogen) atoms. The summed E-state index contributed by atoms with van der Waals surface area (Å²) in [6, 6.07) is 15.7. The summed E-state index contributed by atoms with van der Waals surface area (Å²) >= 11 is 7.42. The van der Waals surface area contributed by atoms with Crippen LogP contribution in [0, 0.1) is 0 Å². The number of esters is 1. The van der Waals surface area contributed by atoms with E-state index in [4.69, 9.17) is 20.8 Å². The largest absolute Gasteiger partial charge is 0.468 e. The van der Waals surface area contributed by atoms with Crippen molar-refractivity contribution in [2.45, 2.75) is 10.9 Å². The number of halogens is 1. The third-order valence-corrected chi connectivity index (χ3v) is 5.47. The molecule has 0 saturated carbocycles. The number of furan rings is 1. The molecule has 0 amide bonds. The Labute approximate surface area is 175 Å². The van der Waals surface area contributed by atoms with Gasteiger partial charge in [0.1, 0.15) is 11.3 Å². The number of nitrogens with zero attached hydrogens (tertiary/aromatic N) is 2. The van der Waals surface area contributed by atoms with E-state index in [9.17, 15) is 9.59 Å². The minimum atomic E-state index is -0.479. The van der Waals surface area contributed by atoms with E-state index in [2.05, 4.69) is 4.98 Å². The van der Waals surface area contributed by atoms with E-state index in [1.807, 2.05) is 6.07 Å². The Kier molecular flexibility index (Phi) is 5.42. The molecule has 0 fully saturated rings. The Morgan fingerprint density at radius 2 is 2.03 bits per heavy atom. The highest BCUT2D eigenvalue weighted by Gasteiger charge is 2.18. The minimum Gasteiger partial charge on any atom is -0.468 e. The molecule has 0 atom stereocenters. The molecule has 4 aromatic rings. The van der Waals surface area contributed by atoms with Crippen LogP contribution < -0.4 is 5.56 Å². The van der Waals surface area contributed by atoms with Gasteiger partial charge in [0.2, 0.25) is 0 Å². The fourth-order valence-electron chi connectivity index (χ4n) is 2.93. The van der Waals surface area contributed by atoms with Gasteiger partial charge >= 0.3 is 5.97 Å². The summed E-state index contributed by atoms with van der Waals surface area (Å²) in [5, 5.41) is 1.48. The molecule has 0 N–H and O–H groups in total. The molecule has 2 aromatic carbocycles. The van der Waals surface area contributed by atoms with Gasteiger partial charge in [-0.25, -0.2) is 9.78 Å². The SMILES string of the molecule is COC(=O)c1ccoc1CSc1nc2ccccc2c(=O)n1-c1cccc(Cl)c1. The van der Waals surface area contributed by atoms with Gasteiger partial charge in [-0.3, -0.25) is 9.36 Å². The molecule has 0 unspecified atom stereocenters. The van der Waals surface area contributed by atoms with Gasteiger partial charge in [-0.15, -0.1) is 0 Å². The monoisotopic (exact) mass is 426 g/mol. The van der Waals surface area contributed by atoms with Gasteiger partial charge < -0.3 is 9.15 Å². The summed E-state index contributed by atoms with van der Waals surface area (Å²) in [5.74, 6) is 0.262. The van der Waals surface area contributed by atoms with E-state index in [-0.39, 0.29) is 5.56 Å². The molecule has 2 aromatic heterocycles. The predicted octanol–water partition coefficient (Wildman–Crippen LogP) is 4.71.